The predicted molar refractivity (Wildman–Crippen MR) is 107 cm³/mol. The number of rotatable bonds is 4. The molecule has 0 bridgehead atoms. The first-order valence-corrected chi connectivity index (χ1v) is 9.81. The van der Waals surface area contributed by atoms with E-state index >= 15 is 0 Å². The van der Waals surface area contributed by atoms with Crippen LogP contribution in [-0.2, 0) is 5.41 Å². The van der Waals surface area contributed by atoms with Gasteiger partial charge in [0.1, 0.15) is 0 Å². The molecular weight excluding hydrogens is 362 g/mol. The minimum atomic E-state index is -0.0787. The molecule has 3 N–H and O–H groups in total. The number of nitrogens with one attached hydrogen (secondary N) is 1. The summed E-state index contributed by atoms with van der Waals surface area (Å²) in [5.74, 6) is 0.120. The standard InChI is InChI=1S/C20H24ClN5O/c21-16-3-1-2-15(10-16)20(13-22)8-6-17(7-9-20)26-19(27)5-4-18(25-26)14-11-23-24-12-14/h1-5,10-11,14,17,24H,6-9,12-13,22H2/t14?,17-,20-. The molecule has 1 aliphatic heterocycles. The van der Waals surface area contributed by atoms with Crippen LogP contribution in [0.5, 0.6) is 0 Å². The van der Waals surface area contributed by atoms with Crippen molar-refractivity contribution in [1.82, 2.24) is 15.2 Å². The average Bonchev–Trinajstić information content (AvgIpc) is 3.23. The van der Waals surface area contributed by atoms with Crippen LogP contribution in [0.15, 0.2) is 46.3 Å². The first-order valence-electron chi connectivity index (χ1n) is 9.43. The molecule has 1 saturated carbocycles. The summed E-state index contributed by atoms with van der Waals surface area (Å²) in [7, 11) is 0. The van der Waals surface area contributed by atoms with Crippen LogP contribution in [0.3, 0.4) is 0 Å². The van der Waals surface area contributed by atoms with Gasteiger partial charge in [0, 0.05) is 35.8 Å². The van der Waals surface area contributed by atoms with Crippen LogP contribution in [0.25, 0.3) is 0 Å². The lowest BCUT2D eigenvalue weighted by atomic mass is 9.68. The summed E-state index contributed by atoms with van der Waals surface area (Å²) in [5, 5.41) is 9.44. The zero-order valence-corrected chi connectivity index (χ0v) is 15.9. The summed E-state index contributed by atoms with van der Waals surface area (Å²) >= 11 is 6.20. The predicted octanol–water partition coefficient (Wildman–Crippen LogP) is 2.58. The third kappa shape index (κ3) is 3.51. The van der Waals surface area contributed by atoms with Gasteiger partial charge in [0.15, 0.2) is 0 Å². The quantitative estimate of drug-likeness (QED) is 0.847. The van der Waals surface area contributed by atoms with Gasteiger partial charge in [-0.15, -0.1) is 0 Å². The zero-order valence-electron chi connectivity index (χ0n) is 15.1. The topological polar surface area (TPSA) is 85.3 Å². The number of nitrogens with two attached hydrogens (primary N) is 1. The summed E-state index contributed by atoms with van der Waals surface area (Å²) in [5.41, 5.74) is 11.1. The highest BCUT2D eigenvalue weighted by Gasteiger charge is 2.37. The van der Waals surface area contributed by atoms with Crippen LogP contribution < -0.4 is 16.7 Å². The van der Waals surface area contributed by atoms with Crippen molar-refractivity contribution in [2.24, 2.45) is 10.8 Å². The highest BCUT2D eigenvalue weighted by atomic mass is 35.5. The van der Waals surface area contributed by atoms with Gasteiger partial charge in [0.05, 0.1) is 17.7 Å². The van der Waals surface area contributed by atoms with Gasteiger partial charge in [-0.1, -0.05) is 23.7 Å². The van der Waals surface area contributed by atoms with E-state index in [0.29, 0.717) is 6.54 Å². The van der Waals surface area contributed by atoms with Gasteiger partial charge in [0.25, 0.3) is 5.56 Å². The lowest BCUT2D eigenvalue weighted by Crippen LogP contribution is -2.41. The van der Waals surface area contributed by atoms with Crippen LogP contribution in [0, 0.1) is 0 Å². The van der Waals surface area contributed by atoms with E-state index in [0.717, 1.165) is 42.9 Å². The molecule has 1 fully saturated rings. The Labute approximate surface area is 163 Å². The number of hydrogen-bond acceptors (Lipinski definition) is 5. The number of nitrogens with zero attached hydrogens (tertiary/aromatic N) is 3. The monoisotopic (exact) mass is 385 g/mol. The molecule has 0 saturated heterocycles. The van der Waals surface area contributed by atoms with E-state index in [9.17, 15) is 4.79 Å². The molecular formula is C20H24ClN5O. The molecule has 2 aromatic rings. The number of hydrogen-bond donors (Lipinski definition) is 2. The van der Waals surface area contributed by atoms with Gasteiger partial charge in [-0.3, -0.25) is 4.79 Å². The van der Waals surface area contributed by atoms with Crippen molar-refractivity contribution in [3.8, 4) is 0 Å². The van der Waals surface area contributed by atoms with Gasteiger partial charge in [-0.2, -0.15) is 10.2 Å². The van der Waals surface area contributed by atoms with Crippen LogP contribution >= 0.6 is 11.6 Å². The van der Waals surface area contributed by atoms with Crippen molar-refractivity contribution in [3.63, 3.8) is 0 Å². The fraction of sp³-hybridized carbons (Fsp3) is 0.450. The van der Waals surface area contributed by atoms with Crippen LogP contribution in [-0.4, -0.2) is 29.1 Å². The summed E-state index contributed by atoms with van der Waals surface area (Å²) < 4.78 is 1.67. The van der Waals surface area contributed by atoms with E-state index in [4.69, 9.17) is 17.3 Å². The molecule has 1 aliphatic carbocycles. The summed E-state index contributed by atoms with van der Waals surface area (Å²) in [6, 6.07) is 11.5. The van der Waals surface area contributed by atoms with Crippen molar-refractivity contribution >= 4 is 17.8 Å². The van der Waals surface area contributed by atoms with E-state index < -0.39 is 0 Å². The maximum absolute atomic E-state index is 12.4. The summed E-state index contributed by atoms with van der Waals surface area (Å²) in [6.45, 7) is 1.30. The van der Waals surface area contributed by atoms with Crippen LogP contribution in [0.2, 0.25) is 5.02 Å². The molecule has 1 unspecified atom stereocenters. The normalized spacial score (nSPS) is 27.5. The molecule has 0 spiro atoms. The lowest BCUT2D eigenvalue weighted by molar-refractivity contribution is 0.221. The van der Waals surface area contributed by atoms with Gasteiger partial charge in [-0.25, -0.2) is 4.68 Å². The molecule has 4 rings (SSSR count). The SMILES string of the molecule is NC[C@]1(c2cccc(Cl)c2)CC[C@H](n2nc(C3C=NNC3)ccc2=O)CC1. The molecule has 2 aliphatic rings. The molecule has 142 valence electrons. The number of aromatic nitrogens is 2. The van der Waals surface area contributed by atoms with Gasteiger partial charge < -0.3 is 11.2 Å². The second-order valence-electron chi connectivity index (χ2n) is 7.51. The van der Waals surface area contributed by atoms with E-state index in [-0.39, 0.29) is 22.9 Å². The molecule has 0 amide bonds. The van der Waals surface area contributed by atoms with Crippen molar-refractivity contribution < 1.29 is 0 Å². The number of benzene rings is 1. The minimum Gasteiger partial charge on any atom is -0.330 e. The maximum atomic E-state index is 12.4. The van der Waals surface area contributed by atoms with Crippen molar-refractivity contribution in [3.05, 3.63) is 63.0 Å². The smallest absolute Gasteiger partial charge is 0.267 e. The fourth-order valence-electron chi connectivity index (χ4n) is 4.26. The second-order valence-corrected chi connectivity index (χ2v) is 7.95. The number of hydrazone groups is 1. The molecule has 7 heteroatoms. The van der Waals surface area contributed by atoms with Crippen LogP contribution in [0.4, 0.5) is 0 Å². The summed E-state index contributed by atoms with van der Waals surface area (Å²) in [4.78, 5) is 12.4. The van der Waals surface area contributed by atoms with Crippen molar-refractivity contribution in [1.29, 1.82) is 0 Å². The van der Waals surface area contributed by atoms with Gasteiger partial charge >= 0.3 is 0 Å². The van der Waals surface area contributed by atoms with Crippen LogP contribution in [0.1, 0.15) is 48.9 Å². The lowest BCUT2D eigenvalue weighted by Gasteiger charge is -2.40. The highest BCUT2D eigenvalue weighted by molar-refractivity contribution is 6.30. The van der Waals surface area contributed by atoms with Crippen molar-refractivity contribution in [2.75, 3.05) is 13.1 Å². The molecule has 2 heterocycles. The Morgan fingerprint density at radius 3 is 2.74 bits per heavy atom. The second kappa shape index (κ2) is 7.44. The molecule has 1 aromatic carbocycles. The molecule has 27 heavy (non-hydrogen) atoms. The highest BCUT2D eigenvalue weighted by Crippen LogP contribution is 2.42. The third-order valence-electron chi connectivity index (χ3n) is 5.97. The zero-order chi connectivity index (χ0) is 18.9. The molecule has 1 atom stereocenters. The van der Waals surface area contributed by atoms with Crippen molar-refractivity contribution in [2.45, 2.75) is 43.1 Å². The Balaban J connectivity index is 1.56. The first-order chi connectivity index (χ1) is 13.1. The average molecular weight is 386 g/mol. The van der Waals surface area contributed by atoms with E-state index in [1.165, 1.54) is 5.56 Å². The molecule has 1 aromatic heterocycles. The minimum absolute atomic E-state index is 0.0466. The Bertz CT molecular complexity index is 901. The van der Waals surface area contributed by atoms with Gasteiger partial charge in [-0.05, 0) is 49.4 Å². The third-order valence-corrected chi connectivity index (χ3v) is 6.20. The Morgan fingerprint density at radius 2 is 2.07 bits per heavy atom. The fourth-order valence-corrected chi connectivity index (χ4v) is 4.45. The Hall–Kier alpha value is -2.18. The van der Waals surface area contributed by atoms with E-state index in [1.54, 1.807) is 10.7 Å². The Morgan fingerprint density at radius 1 is 1.26 bits per heavy atom. The van der Waals surface area contributed by atoms with E-state index in [1.807, 2.05) is 30.5 Å². The van der Waals surface area contributed by atoms with Gasteiger partial charge in [0.2, 0.25) is 0 Å². The molecule has 6 nitrogen and oxygen atoms in total. The maximum Gasteiger partial charge on any atom is 0.267 e. The summed E-state index contributed by atoms with van der Waals surface area (Å²) in [6.07, 6.45) is 5.42. The Kier molecular flexibility index (Phi) is 5.02. The largest absolute Gasteiger partial charge is 0.330 e. The number of halogens is 1. The van der Waals surface area contributed by atoms with E-state index in [2.05, 4.69) is 21.7 Å². The first kappa shape index (κ1) is 18.2. The molecule has 0 radical (unpaired) electrons.